The Morgan fingerprint density at radius 2 is 1.94 bits per heavy atom. The molecular formula is C23H27N5O2S. The number of benzene rings is 1. The van der Waals surface area contributed by atoms with Gasteiger partial charge in [-0.05, 0) is 63.6 Å². The van der Waals surface area contributed by atoms with Crippen molar-refractivity contribution in [2.24, 2.45) is 0 Å². The molecule has 0 unspecified atom stereocenters. The molecule has 4 N–H and O–H groups in total. The van der Waals surface area contributed by atoms with Gasteiger partial charge in [0.15, 0.2) is 0 Å². The van der Waals surface area contributed by atoms with Crippen LogP contribution in [-0.4, -0.2) is 38.7 Å². The van der Waals surface area contributed by atoms with Gasteiger partial charge in [0.2, 0.25) is 0 Å². The van der Waals surface area contributed by atoms with Crippen LogP contribution in [0.4, 0.5) is 17.2 Å². The maximum atomic E-state index is 13.0. The van der Waals surface area contributed by atoms with Gasteiger partial charge in [-0.1, -0.05) is 0 Å². The predicted molar refractivity (Wildman–Crippen MR) is 124 cm³/mol. The molecular weight excluding hydrogens is 410 g/mol. The molecule has 3 aromatic rings. The number of aromatic nitrogens is 2. The Balaban J connectivity index is 1.33. The van der Waals surface area contributed by atoms with Crippen molar-refractivity contribution in [3.63, 3.8) is 0 Å². The molecule has 2 heterocycles. The Hall–Kier alpha value is -2.71. The predicted octanol–water partition coefficient (Wildman–Crippen LogP) is 4.43. The van der Waals surface area contributed by atoms with Crippen molar-refractivity contribution in [3.8, 4) is 0 Å². The third kappa shape index (κ3) is 4.80. The number of fused-ring (bicyclic) bond motifs is 1. The molecule has 0 bridgehead atoms. The summed E-state index contributed by atoms with van der Waals surface area (Å²) >= 11 is 1.60. The van der Waals surface area contributed by atoms with E-state index >= 15 is 0 Å². The molecule has 1 aromatic carbocycles. The molecule has 0 spiro atoms. The van der Waals surface area contributed by atoms with Crippen molar-refractivity contribution >= 4 is 44.7 Å². The lowest BCUT2D eigenvalue weighted by atomic mass is 9.83. The van der Waals surface area contributed by atoms with E-state index in [1.165, 1.54) is 0 Å². The summed E-state index contributed by atoms with van der Waals surface area (Å²) in [7, 11) is 0. The molecule has 31 heavy (non-hydrogen) atoms. The van der Waals surface area contributed by atoms with Gasteiger partial charge in [-0.3, -0.25) is 4.79 Å². The maximum Gasteiger partial charge on any atom is 0.255 e. The topological polar surface area (TPSA) is 99.2 Å². The van der Waals surface area contributed by atoms with Crippen molar-refractivity contribution in [2.45, 2.75) is 63.1 Å². The van der Waals surface area contributed by atoms with E-state index in [-0.39, 0.29) is 11.9 Å². The number of aliphatic hydroxyl groups is 1. The van der Waals surface area contributed by atoms with E-state index in [4.69, 9.17) is 0 Å². The van der Waals surface area contributed by atoms with Gasteiger partial charge in [0.25, 0.3) is 5.91 Å². The average molecular weight is 438 g/mol. The fraction of sp³-hybridized carbons (Fsp3) is 0.435. The highest BCUT2D eigenvalue weighted by atomic mass is 32.1. The van der Waals surface area contributed by atoms with Gasteiger partial charge in [-0.15, -0.1) is 11.3 Å². The van der Waals surface area contributed by atoms with Crippen LogP contribution in [-0.2, 0) is 0 Å². The van der Waals surface area contributed by atoms with Crippen LogP contribution in [0, 0.1) is 0 Å². The van der Waals surface area contributed by atoms with Crippen molar-refractivity contribution in [1.82, 2.24) is 15.3 Å². The Bertz CT molecular complexity index is 1100. The highest BCUT2D eigenvalue weighted by Gasteiger charge is 2.30. The van der Waals surface area contributed by atoms with E-state index in [0.717, 1.165) is 47.3 Å². The Kier molecular flexibility index (Phi) is 5.27. The SMILES string of the molecule is CC1(O)CCC(NC(=O)c2cnc(Nc3ccc4ncsc4c3)cc2NC2CC2)CC1. The van der Waals surface area contributed by atoms with Gasteiger partial charge in [0, 0.05) is 30.0 Å². The van der Waals surface area contributed by atoms with Crippen LogP contribution in [0.1, 0.15) is 55.8 Å². The number of nitrogens with zero attached hydrogens (tertiary/aromatic N) is 2. The van der Waals surface area contributed by atoms with E-state index in [0.29, 0.717) is 30.3 Å². The minimum absolute atomic E-state index is 0.0884. The van der Waals surface area contributed by atoms with Crippen molar-refractivity contribution in [2.75, 3.05) is 10.6 Å². The maximum absolute atomic E-state index is 13.0. The minimum Gasteiger partial charge on any atom is -0.390 e. The van der Waals surface area contributed by atoms with Crippen molar-refractivity contribution in [1.29, 1.82) is 0 Å². The summed E-state index contributed by atoms with van der Waals surface area (Å²) in [4.78, 5) is 21.8. The molecule has 0 saturated heterocycles. The number of amides is 1. The molecule has 2 aliphatic carbocycles. The minimum atomic E-state index is -0.614. The smallest absolute Gasteiger partial charge is 0.255 e. The summed E-state index contributed by atoms with van der Waals surface area (Å²) in [6.07, 6.45) is 6.87. The van der Waals surface area contributed by atoms with Gasteiger partial charge in [0.1, 0.15) is 5.82 Å². The normalized spacial score (nSPS) is 23.5. The number of hydrogen-bond acceptors (Lipinski definition) is 7. The summed E-state index contributed by atoms with van der Waals surface area (Å²) < 4.78 is 1.11. The Labute approximate surface area is 185 Å². The molecule has 2 aliphatic rings. The molecule has 2 aromatic heterocycles. The van der Waals surface area contributed by atoms with Crippen LogP contribution < -0.4 is 16.0 Å². The summed E-state index contributed by atoms with van der Waals surface area (Å²) in [6.45, 7) is 1.87. The molecule has 2 fully saturated rings. The van der Waals surface area contributed by atoms with Crippen LogP contribution in [0.2, 0.25) is 0 Å². The van der Waals surface area contributed by atoms with Crippen molar-refractivity contribution < 1.29 is 9.90 Å². The summed E-state index contributed by atoms with van der Waals surface area (Å²) in [5.41, 5.74) is 4.51. The molecule has 162 valence electrons. The van der Waals surface area contributed by atoms with Crippen LogP contribution in [0.3, 0.4) is 0 Å². The van der Waals surface area contributed by atoms with Gasteiger partial charge < -0.3 is 21.1 Å². The Morgan fingerprint density at radius 1 is 1.13 bits per heavy atom. The third-order valence-electron chi connectivity index (χ3n) is 6.09. The lowest BCUT2D eigenvalue weighted by Gasteiger charge is -2.33. The zero-order valence-electron chi connectivity index (χ0n) is 17.5. The zero-order valence-corrected chi connectivity index (χ0v) is 18.3. The summed E-state index contributed by atoms with van der Waals surface area (Å²) in [5, 5.41) is 20.1. The number of rotatable bonds is 6. The van der Waals surface area contributed by atoms with E-state index in [1.807, 2.05) is 30.6 Å². The first-order valence-electron chi connectivity index (χ1n) is 10.9. The van der Waals surface area contributed by atoms with Crippen LogP contribution in [0.25, 0.3) is 10.2 Å². The number of thiazole rings is 1. The quantitative estimate of drug-likeness (QED) is 0.455. The molecule has 1 amide bonds. The van der Waals surface area contributed by atoms with Crippen LogP contribution >= 0.6 is 11.3 Å². The lowest BCUT2D eigenvalue weighted by molar-refractivity contribution is 0.0140. The van der Waals surface area contributed by atoms with E-state index in [9.17, 15) is 9.90 Å². The summed E-state index contributed by atoms with van der Waals surface area (Å²) in [5.74, 6) is 0.581. The number of pyridine rings is 1. The average Bonchev–Trinajstić information content (AvgIpc) is 3.43. The largest absolute Gasteiger partial charge is 0.390 e. The number of carbonyl (C=O) groups is 1. The van der Waals surface area contributed by atoms with Crippen LogP contribution in [0.15, 0.2) is 36.0 Å². The van der Waals surface area contributed by atoms with Gasteiger partial charge >= 0.3 is 0 Å². The number of carbonyl (C=O) groups excluding carboxylic acids is 1. The first-order valence-corrected chi connectivity index (χ1v) is 11.7. The van der Waals surface area contributed by atoms with E-state index in [1.54, 1.807) is 17.5 Å². The molecule has 0 radical (unpaired) electrons. The standard InChI is InChI=1S/C23H27N5O2S/c1-23(30)8-6-15(7-9-23)28-22(29)17-12-24-21(11-19(17)26-14-2-3-14)27-16-4-5-18-20(10-16)31-13-25-18/h4-5,10-15,30H,2-3,6-9H2,1H3,(H,28,29)(H2,24,26,27). The zero-order chi connectivity index (χ0) is 21.4. The third-order valence-corrected chi connectivity index (χ3v) is 6.88. The van der Waals surface area contributed by atoms with E-state index < -0.39 is 5.60 Å². The number of anilines is 3. The second-order valence-electron chi connectivity index (χ2n) is 8.94. The molecule has 5 rings (SSSR count). The Morgan fingerprint density at radius 3 is 2.71 bits per heavy atom. The highest BCUT2D eigenvalue weighted by Crippen LogP contribution is 2.31. The molecule has 8 heteroatoms. The van der Waals surface area contributed by atoms with E-state index in [2.05, 4.69) is 32.0 Å². The van der Waals surface area contributed by atoms with Crippen LogP contribution in [0.5, 0.6) is 0 Å². The first kappa shape index (κ1) is 20.2. The molecule has 2 saturated carbocycles. The highest BCUT2D eigenvalue weighted by molar-refractivity contribution is 7.16. The molecule has 0 aliphatic heterocycles. The number of hydrogen-bond donors (Lipinski definition) is 4. The second kappa shape index (κ2) is 8.09. The van der Waals surface area contributed by atoms with Crippen molar-refractivity contribution in [3.05, 3.63) is 41.5 Å². The second-order valence-corrected chi connectivity index (χ2v) is 9.82. The number of nitrogens with one attached hydrogen (secondary N) is 3. The molecule has 7 nitrogen and oxygen atoms in total. The first-order chi connectivity index (χ1) is 14.9. The monoisotopic (exact) mass is 437 g/mol. The fourth-order valence-corrected chi connectivity index (χ4v) is 4.72. The fourth-order valence-electron chi connectivity index (χ4n) is 4.00. The molecule has 0 atom stereocenters. The van der Waals surface area contributed by atoms with Gasteiger partial charge in [-0.2, -0.15) is 0 Å². The van der Waals surface area contributed by atoms with Gasteiger partial charge in [-0.25, -0.2) is 9.97 Å². The lowest BCUT2D eigenvalue weighted by Crippen LogP contribution is -2.42. The van der Waals surface area contributed by atoms with Gasteiger partial charge in [0.05, 0.1) is 32.6 Å². The summed E-state index contributed by atoms with van der Waals surface area (Å²) in [6, 6.07) is 8.44.